The molecule has 2 aromatic rings. The first-order valence-electron chi connectivity index (χ1n) is 7.21. The summed E-state index contributed by atoms with van der Waals surface area (Å²) in [6.45, 7) is 2.77. The molecule has 3 nitrogen and oxygen atoms in total. The zero-order valence-corrected chi connectivity index (χ0v) is 12.0. The second-order valence-corrected chi connectivity index (χ2v) is 5.24. The van der Waals surface area contributed by atoms with Crippen LogP contribution in [0.1, 0.15) is 13.3 Å². The molecule has 0 radical (unpaired) electrons. The molecule has 106 valence electrons. The van der Waals surface area contributed by atoms with E-state index >= 15 is 0 Å². The van der Waals surface area contributed by atoms with E-state index in [0.29, 0.717) is 6.04 Å². The van der Waals surface area contributed by atoms with E-state index < -0.39 is 0 Å². The predicted octanol–water partition coefficient (Wildman–Crippen LogP) is 3.44. The van der Waals surface area contributed by atoms with Crippen molar-refractivity contribution in [1.29, 1.82) is 0 Å². The second kappa shape index (κ2) is 5.81. The number of ether oxygens (including phenoxy) is 2. The van der Waals surface area contributed by atoms with E-state index in [2.05, 4.69) is 47.8 Å². The summed E-state index contributed by atoms with van der Waals surface area (Å²) in [6.07, 6.45) is 1.36. The van der Waals surface area contributed by atoms with Crippen molar-refractivity contribution in [2.75, 3.05) is 19.0 Å². The van der Waals surface area contributed by atoms with Gasteiger partial charge in [-0.3, -0.25) is 0 Å². The highest BCUT2D eigenvalue weighted by molar-refractivity contribution is 5.85. The van der Waals surface area contributed by atoms with Gasteiger partial charge in [0.05, 0.1) is 12.1 Å². The van der Waals surface area contributed by atoms with Crippen LogP contribution in [0.5, 0.6) is 0 Å². The molecular formula is C17H21NO2. The summed E-state index contributed by atoms with van der Waals surface area (Å²) in [5.41, 5.74) is 1.14. The van der Waals surface area contributed by atoms with E-state index in [0.717, 1.165) is 18.7 Å². The molecule has 3 atom stereocenters. The van der Waals surface area contributed by atoms with Gasteiger partial charge in [0.2, 0.25) is 0 Å². The van der Waals surface area contributed by atoms with Gasteiger partial charge >= 0.3 is 0 Å². The minimum absolute atomic E-state index is 0.140. The van der Waals surface area contributed by atoms with Gasteiger partial charge in [-0.25, -0.2) is 0 Å². The third-order valence-corrected chi connectivity index (χ3v) is 4.00. The van der Waals surface area contributed by atoms with E-state index in [-0.39, 0.29) is 12.2 Å². The number of anilines is 1. The number of hydrogen-bond acceptors (Lipinski definition) is 3. The van der Waals surface area contributed by atoms with Gasteiger partial charge in [-0.05, 0) is 36.2 Å². The lowest BCUT2D eigenvalue weighted by Gasteiger charge is -2.43. The molecule has 20 heavy (non-hydrogen) atoms. The summed E-state index contributed by atoms with van der Waals surface area (Å²) in [6, 6.07) is 15.2. The standard InChI is InChI=1S/C17H21NO2/c1-3-20-16-11-15(17(16)19-2)18-14-9-8-12-6-4-5-7-13(12)10-14/h4-10,15-18H,3,11H2,1-2H3. The number of hydrogen-bond donors (Lipinski definition) is 1. The first-order valence-corrected chi connectivity index (χ1v) is 7.21. The van der Waals surface area contributed by atoms with E-state index in [1.165, 1.54) is 10.8 Å². The average molecular weight is 271 g/mol. The van der Waals surface area contributed by atoms with E-state index in [1.54, 1.807) is 7.11 Å². The Balaban J connectivity index is 1.70. The highest BCUT2D eigenvalue weighted by atomic mass is 16.5. The lowest BCUT2D eigenvalue weighted by atomic mass is 9.85. The van der Waals surface area contributed by atoms with Crippen molar-refractivity contribution in [3.8, 4) is 0 Å². The van der Waals surface area contributed by atoms with Gasteiger partial charge in [-0.1, -0.05) is 30.3 Å². The summed E-state index contributed by atoms with van der Waals surface area (Å²) in [5, 5.41) is 6.08. The maximum atomic E-state index is 5.65. The maximum Gasteiger partial charge on any atom is 0.103 e. The normalized spacial score (nSPS) is 25.4. The van der Waals surface area contributed by atoms with E-state index in [9.17, 15) is 0 Å². The van der Waals surface area contributed by atoms with Crippen LogP contribution in [0.4, 0.5) is 5.69 Å². The zero-order valence-electron chi connectivity index (χ0n) is 12.0. The number of rotatable bonds is 5. The lowest BCUT2D eigenvalue weighted by molar-refractivity contribution is -0.118. The molecule has 0 amide bonds. The van der Waals surface area contributed by atoms with Gasteiger partial charge in [0.15, 0.2) is 0 Å². The van der Waals surface area contributed by atoms with Gasteiger partial charge in [-0.2, -0.15) is 0 Å². The minimum atomic E-state index is 0.140. The molecule has 1 fully saturated rings. The fraction of sp³-hybridized carbons (Fsp3) is 0.412. The minimum Gasteiger partial charge on any atom is -0.379 e. The van der Waals surface area contributed by atoms with Crippen LogP contribution in [0.2, 0.25) is 0 Å². The van der Waals surface area contributed by atoms with Crippen molar-refractivity contribution in [3.05, 3.63) is 42.5 Å². The molecule has 3 unspecified atom stereocenters. The summed E-state index contributed by atoms with van der Waals surface area (Å²) in [5.74, 6) is 0. The van der Waals surface area contributed by atoms with Crippen LogP contribution in [0.25, 0.3) is 10.8 Å². The van der Waals surface area contributed by atoms with Crippen molar-refractivity contribution in [2.45, 2.75) is 31.6 Å². The van der Waals surface area contributed by atoms with Gasteiger partial charge < -0.3 is 14.8 Å². The monoisotopic (exact) mass is 271 g/mol. The first kappa shape index (κ1) is 13.4. The van der Waals surface area contributed by atoms with Gasteiger partial charge in [-0.15, -0.1) is 0 Å². The van der Waals surface area contributed by atoms with Crippen LogP contribution >= 0.6 is 0 Å². The molecule has 3 heteroatoms. The Labute approximate surface area is 119 Å². The van der Waals surface area contributed by atoms with Crippen LogP contribution < -0.4 is 5.32 Å². The number of fused-ring (bicyclic) bond motifs is 1. The van der Waals surface area contributed by atoms with Gasteiger partial charge in [0, 0.05) is 19.4 Å². The Morgan fingerprint density at radius 1 is 1.15 bits per heavy atom. The maximum absolute atomic E-state index is 5.65. The van der Waals surface area contributed by atoms with Crippen molar-refractivity contribution in [1.82, 2.24) is 0 Å². The number of methoxy groups -OCH3 is 1. The molecule has 0 spiro atoms. The van der Waals surface area contributed by atoms with E-state index in [4.69, 9.17) is 9.47 Å². The van der Waals surface area contributed by atoms with Gasteiger partial charge in [0.1, 0.15) is 6.10 Å². The van der Waals surface area contributed by atoms with Crippen molar-refractivity contribution < 1.29 is 9.47 Å². The Morgan fingerprint density at radius 2 is 1.95 bits per heavy atom. The predicted molar refractivity (Wildman–Crippen MR) is 82.2 cm³/mol. The molecule has 1 aliphatic carbocycles. The Hall–Kier alpha value is -1.58. The lowest BCUT2D eigenvalue weighted by Crippen LogP contribution is -2.56. The third kappa shape index (κ3) is 2.51. The molecule has 1 saturated carbocycles. The molecule has 0 saturated heterocycles. The first-order chi connectivity index (χ1) is 9.81. The largest absolute Gasteiger partial charge is 0.379 e. The van der Waals surface area contributed by atoms with Crippen LogP contribution in [0.3, 0.4) is 0 Å². The fourth-order valence-electron chi connectivity index (χ4n) is 2.91. The molecule has 2 aromatic carbocycles. The van der Waals surface area contributed by atoms with Crippen LogP contribution in [-0.2, 0) is 9.47 Å². The Kier molecular flexibility index (Phi) is 3.90. The highest BCUT2D eigenvalue weighted by Gasteiger charge is 2.42. The molecule has 1 N–H and O–H groups in total. The van der Waals surface area contributed by atoms with Crippen molar-refractivity contribution in [2.24, 2.45) is 0 Å². The molecule has 0 aliphatic heterocycles. The fourth-order valence-corrected chi connectivity index (χ4v) is 2.91. The SMILES string of the molecule is CCOC1CC(Nc2ccc3ccccc3c2)C1OC. The Bertz CT molecular complexity index is 584. The summed E-state index contributed by atoms with van der Waals surface area (Å²) in [4.78, 5) is 0. The van der Waals surface area contributed by atoms with Crippen LogP contribution in [0.15, 0.2) is 42.5 Å². The van der Waals surface area contributed by atoms with Crippen molar-refractivity contribution in [3.63, 3.8) is 0 Å². The molecule has 3 rings (SSSR count). The van der Waals surface area contributed by atoms with E-state index in [1.807, 2.05) is 6.92 Å². The summed E-state index contributed by atoms with van der Waals surface area (Å²) < 4.78 is 11.2. The molecule has 0 bridgehead atoms. The molecule has 1 aliphatic rings. The molecule has 0 heterocycles. The molecular weight excluding hydrogens is 250 g/mol. The topological polar surface area (TPSA) is 30.5 Å². The zero-order chi connectivity index (χ0) is 13.9. The summed E-state index contributed by atoms with van der Waals surface area (Å²) in [7, 11) is 1.75. The van der Waals surface area contributed by atoms with Gasteiger partial charge in [0.25, 0.3) is 0 Å². The van der Waals surface area contributed by atoms with Crippen LogP contribution in [0, 0.1) is 0 Å². The van der Waals surface area contributed by atoms with Crippen molar-refractivity contribution >= 4 is 16.5 Å². The number of nitrogens with one attached hydrogen (secondary N) is 1. The smallest absolute Gasteiger partial charge is 0.103 e. The second-order valence-electron chi connectivity index (χ2n) is 5.24. The molecule has 0 aromatic heterocycles. The number of benzene rings is 2. The van der Waals surface area contributed by atoms with Crippen LogP contribution in [-0.4, -0.2) is 32.0 Å². The highest BCUT2D eigenvalue weighted by Crippen LogP contribution is 2.30. The summed E-state index contributed by atoms with van der Waals surface area (Å²) >= 11 is 0. The Morgan fingerprint density at radius 3 is 2.70 bits per heavy atom. The third-order valence-electron chi connectivity index (χ3n) is 4.00. The quantitative estimate of drug-likeness (QED) is 0.903. The average Bonchev–Trinajstić information content (AvgIpc) is 2.46.